The molecule has 0 aliphatic rings. The molecule has 0 unspecified atom stereocenters. The normalized spacial score (nSPS) is 8.25. The number of hydrogen-bond donors (Lipinski definition) is 0. The van der Waals surface area contributed by atoms with Crippen LogP contribution in [-0.2, 0) is 20.1 Å². The zero-order valence-electron chi connectivity index (χ0n) is 5.91. The third kappa shape index (κ3) is 9.82. The van der Waals surface area contributed by atoms with Gasteiger partial charge in [0.2, 0.25) is 0 Å². The maximum absolute atomic E-state index is 2.25. The molecule has 1 radical (unpaired) electrons. The molecule has 0 saturated carbocycles. The van der Waals surface area contributed by atoms with Gasteiger partial charge < -0.3 is 0 Å². The van der Waals surface area contributed by atoms with Crippen molar-refractivity contribution in [3.63, 3.8) is 0 Å². The molecule has 0 N–H and O–H groups in total. The average molecular weight is 198 g/mol. The monoisotopic (exact) mass is 197 g/mol. The van der Waals surface area contributed by atoms with Gasteiger partial charge in [-0.05, 0) is 0 Å². The Morgan fingerprint density at radius 1 is 0.750 bits per heavy atom. The van der Waals surface area contributed by atoms with Gasteiger partial charge in [0.15, 0.2) is 0 Å². The molecule has 0 aromatic heterocycles. The Balaban J connectivity index is 0. The molecular formula is C7H16Tc. The van der Waals surface area contributed by atoms with Gasteiger partial charge >= 0.3 is 0 Å². The fourth-order valence-corrected chi connectivity index (χ4v) is 0.677. The predicted octanol–water partition coefficient (Wildman–Crippen LogP) is 2.97. The van der Waals surface area contributed by atoms with E-state index in [0.29, 0.717) is 0 Å². The van der Waals surface area contributed by atoms with Crippen molar-refractivity contribution >= 4 is 0 Å². The molecule has 0 fully saturated rings. The van der Waals surface area contributed by atoms with Crippen LogP contribution < -0.4 is 0 Å². The van der Waals surface area contributed by atoms with E-state index in [1.54, 1.807) is 0 Å². The summed E-state index contributed by atoms with van der Waals surface area (Å²) in [6, 6.07) is 0. The van der Waals surface area contributed by atoms with E-state index in [2.05, 4.69) is 13.8 Å². The van der Waals surface area contributed by atoms with Crippen molar-refractivity contribution in [2.45, 2.75) is 46.0 Å². The van der Waals surface area contributed by atoms with E-state index < -0.39 is 0 Å². The maximum Gasteiger partial charge on any atom is 0 e. The molecule has 0 aromatic rings. The maximum atomic E-state index is 2.25. The zero-order chi connectivity index (χ0) is 5.54. The minimum Gasteiger partial charge on any atom is -0.0654 e. The van der Waals surface area contributed by atoms with E-state index in [1.165, 1.54) is 32.1 Å². The molecule has 0 aliphatic heterocycles. The summed E-state index contributed by atoms with van der Waals surface area (Å²) in [4.78, 5) is 0. The first-order chi connectivity index (χ1) is 3.41. The van der Waals surface area contributed by atoms with Crippen molar-refractivity contribution in [1.82, 2.24) is 0 Å². The van der Waals surface area contributed by atoms with E-state index in [-0.39, 0.29) is 20.1 Å². The quantitative estimate of drug-likeness (QED) is 0.609. The Morgan fingerprint density at radius 2 is 1.12 bits per heavy atom. The molecule has 51 valence electrons. The first-order valence-corrected chi connectivity index (χ1v) is 3.41. The van der Waals surface area contributed by atoms with Gasteiger partial charge in [-0.2, -0.15) is 0 Å². The first-order valence-electron chi connectivity index (χ1n) is 3.41. The zero-order valence-corrected chi connectivity index (χ0v) is 7.77. The predicted molar refractivity (Wildman–Crippen MR) is 34.4 cm³/mol. The Hall–Kier alpha value is 0.649. The van der Waals surface area contributed by atoms with Crippen LogP contribution in [0.25, 0.3) is 0 Å². The summed E-state index contributed by atoms with van der Waals surface area (Å²) in [7, 11) is 0. The van der Waals surface area contributed by atoms with Gasteiger partial charge in [-0.3, -0.25) is 0 Å². The van der Waals surface area contributed by atoms with E-state index in [9.17, 15) is 0 Å². The summed E-state index contributed by atoms with van der Waals surface area (Å²) in [5.74, 6) is 0. The molecule has 0 aromatic carbocycles. The molecule has 0 bridgehead atoms. The van der Waals surface area contributed by atoms with Crippen LogP contribution in [0.2, 0.25) is 0 Å². The van der Waals surface area contributed by atoms with Gasteiger partial charge in [-0.15, -0.1) is 0 Å². The second-order valence-corrected chi connectivity index (χ2v) is 2.06. The molecule has 0 aliphatic carbocycles. The van der Waals surface area contributed by atoms with Crippen LogP contribution in [0, 0.1) is 0 Å². The third-order valence-electron chi connectivity index (χ3n) is 1.21. The van der Waals surface area contributed by atoms with Crippen molar-refractivity contribution in [2.24, 2.45) is 0 Å². The molecular weight excluding hydrogens is 182 g/mol. The van der Waals surface area contributed by atoms with Crippen LogP contribution in [0.1, 0.15) is 46.0 Å². The fraction of sp³-hybridized carbons (Fsp3) is 1.00. The van der Waals surface area contributed by atoms with Crippen molar-refractivity contribution in [2.75, 3.05) is 0 Å². The van der Waals surface area contributed by atoms with Crippen LogP contribution in [0.4, 0.5) is 0 Å². The van der Waals surface area contributed by atoms with Gasteiger partial charge in [-0.1, -0.05) is 46.0 Å². The summed E-state index contributed by atoms with van der Waals surface area (Å²) >= 11 is 0. The van der Waals surface area contributed by atoms with Gasteiger partial charge in [0.05, 0.1) is 0 Å². The minimum atomic E-state index is 0. The number of rotatable bonds is 4. The molecule has 0 amide bonds. The summed E-state index contributed by atoms with van der Waals surface area (Å²) in [6.07, 6.45) is 7.01. The van der Waals surface area contributed by atoms with Crippen molar-refractivity contribution < 1.29 is 20.1 Å². The summed E-state index contributed by atoms with van der Waals surface area (Å²) in [6.45, 7) is 4.49. The Morgan fingerprint density at radius 3 is 1.38 bits per heavy atom. The van der Waals surface area contributed by atoms with Crippen LogP contribution in [0.3, 0.4) is 0 Å². The SMILES string of the molecule is CCCCCCC.[Tc]. The largest absolute Gasteiger partial charge is 0.0654 e. The van der Waals surface area contributed by atoms with E-state index in [0.717, 1.165) is 0 Å². The minimum absolute atomic E-state index is 0. The molecule has 0 atom stereocenters. The second-order valence-electron chi connectivity index (χ2n) is 2.06. The van der Waals surface area contributed by atoms with Crippen molar-refractivity contribution in [3.8, 4) is 0 Å². The molecule has 8 heavy (non-hydrogen) atoms. The summed E-state index contributed by atoms with van der Waals surface area (Å²) in [5.41, 5.74) is 0. The van der Waals surface area contributed by atoms with Crippen LogP contribution in [-0.4, -0.2) is 0 Å². The smallest absolute Gasteiger partial charge is 0 e. The van der Waals surface area contributed by atoms with Crippen molar-refractivity contribution in [1.29, 1.82) is 0 Å². The van der Waals surface area contributed by atoms with Crippen LogP contribution in [0.15, 0.2) is 0 Å². The van der Waals surface area contributed by atoms with Crippen LogP contribution >= 0.6 is 0 Å². The Labute approximate surface area is 66.4 Å². The first kappa shape index (κ1) is 11.4. The van der Waals surface area contributed by atoms with Gasteiger partial charge in [0.1, 0.15) is 0 Å². The van der Waals surface area contributed by atoms with Gasteiger partial charge in [0, 0.05) is 20.1 Å². The van der Waals surface area contributed by atoms with E-state index in [4.69, 9.17) is 0 Å². The number of hydrogen-bond acceptors (Lipinski definition) is 0. The topological polar surface area (TPSA) is 0 Å². The molecule has 0 nitrogen and oxygen atoms in total. The van der Waals surface area contributed by atoms with E-state index >= 15 is 0 Å². The second kappa shape index (κ2) is 10.6. The third-order valence-corrected chi connectivity index (χ3v) is 1.21. The molecule has 0 rings (SSSR count). The Kier molecular flexibility index (Phi) is 15.2. The average Bonchev–Trinajstić information content (AvgIpc) is 1.69. The van der Waals surface area contributed by atoms with Crippen LogP contribution in [0.5, 0.6) is 0 Å². The van der Waals surface area contributed by atoms with E-state index in [1.807, 2.05) is 0 Å². The number of unbranched alkanes of at least 4 members (excludes halogenated alkanes) is 4. The molecule has 0 heterocycles. The van der Waals surface area contributed by atoms with Gasteiger partial charge in [-0.25, -0.2) is 0 Å². The molecule has 0 spiro atoms. The molecule has 0 saturated heterocycles. The molecule has 1 heteroatoms. The summed E-state index contributed by atoms with van der Waals surface area (Å²) < 4.78 is 0. The van der Waals surface area contributed by atoms with Gasteiger partial charge in [0.25, 0.3) is 0 Å². The summed E-state index contributed by atoms with van der Waals surface area (Å²) in [5, 5.41) is 0. The van der Waals surface area contributed by atoms with Crippen molar-refractivity contribution in [3.05, 3.63) is 0 Å². The standard InChI is InChI=1S/C7H16.Tc/c1-3-5-7-6-4-2;/h3-7H2,1-2H3;. The fourth-order valence-electron chi connectivity index (χ4n) is 0.677. The Bertz CT molecular complexity index is 23.6.